The lowest BCUT2D eigenvalue weighted by Gasteiger charge is -2.11. The van der Waals surface area contributed by atoms with Crippen LogP contribution in [0.5, 0.6) is 5.75 Å². The van der Waals surface area contributed by atoms with Crippen molar-refractivity contribution in [3.05, 3.63) is 89.7 Å². The van der Waals surface area contributed by atoms with Crippen LogP contribution in [0.3, 0.4) is 0 Å². The Kier molecular flexibility index (Phi) is 5.30. The number of ether oxygens (including phenoxy) is 1. The van der Waals surface area contributed by atoms with Crippen molar-refractivity contribution in [3.63, 3.8) is 0 Å². The molecule has 6 heteroatoms. The van der Waals surface area contributed by atoms with Crippen LogP contribution in [0.15, 0.2) is 72.8 Å². The molecule has 6 nitrogen and oxygen atoms in total. The number of aromatic nitrogens is 3. The molecule has 150 valence electrons. The zero-order chi connectivity index (χ0) is 21.1. The number of para-hydroxylation sites is 2. The maximum absolute atomic E-state index is 13.0. The molecule has 1 aromatic heterocycles. The van der Waals surface area contributed by atoms with Crippen LogP contribution in [0.1, 0.15) is 21.7 Å². The summed E-state index contributed by atoms with van der Waals surface area (Å²) in [6, 6.07) is 23.0. The number of methoxy groups -OCH3 is 1. The van der Waals surface area contributed by atoms with Gasteiger partial charge in [-0.3, -0.25) is 4.79 Å². The first-order chi connectivity index (χ1) is 14.6. The lowest BCUT2D eigenvalue weighted by atomic mass is 10.1. The molecule has 0 aliphatic heterocycles. The summed E-state index contributed by atoms with van der Waals surface area (Å²) in [6.07, 6.45) is 0. The fourth-order valence-corrected chi connectivity index (χ4v) is 3.24. The van der Waals surface area contributed by atoms with Gasteiger partial charge in [0.25, 0.3) is 5.91 Å². The summed E-state index contributed by atoms with van der Waals surface area (Å²) >= 11 is 0. The van der Waals surface area contributed by atoms with Gasteiger partial charge in [-0.25, -0.2) is 9.67 Å². The third kappa shape index (κ3) is 3.67. The van der Waals surface area contributed by atoms with Gasteiger partial charge < -0.3 is 10.1 Å². The van der Waals surface area contributed by atoms with Crippen molar-refractivity contribution in [2.45, 2.75) is 13.8 Å². The summed E-state index contributed by atoms with van der Waals surface area (Å²) < 4.78 is 7.05. The second-order valence-corrected chi connectivity index (χ2v) is 6.91. The number of nitrogens with zero attached hydrogens (tertiary/aromatic N) is 3. The molecule has 1 heterocycles. The highest BCUT2D eigenvalue weighted by atomic mass is 16.5. The summed E-state index contributed by atoms with van der Waals surface area (Å²) in [7, 11) is 1.56. The van der Waals surface area contributed by atoms with Crippen LogP contribution >= 0.6 is 0 Å². The Hall–Kier alpha value is -3.93. The number of hydrogen-bond acceptors (Lipinski definition) is 4. The molecular formula is C24H22N4O2. The second kappa shape index (κ2) is 8.21. The largest absolute Gasteiger partial charge is 0.495 e. The fourth-order valence-electron chi connectivity index (χ4n) is 3.24. The van der Waals surface area contributed by atoms with E-state index in [1.54, 1.807) is 23.9 Å². The molecule has 0 bridgehead atoms. The SMILES string of the molecule is COc1ccccc1NC(=O)c1nc(-c2ccccc2)n(-c2cccc(C)c2C)n1. The summed E-state index contributed by atoms with van der Waals surface area (Å²) in [5, 5.41) is 7.41. The first-order valence-corrected chi connectivity index (χ1v) is 9.62. The number of amides is 1. The molecule has 0 unspecified atom stereocenters. The van der Waals surface area contributed by atoms with E-state index in [-0.39, 0.29) is 5.82 Å². The summed E-state index contributed by atoms with van der Waals surface area (Å²) in [5.74, 6) is 0.860. The fraction of sp³-hybridized carbons (Fsp3) is 0.125. The van der Waals surface area contributed by atoms with E-state index in [1.807, 2.05) is 74.5 Å². The predicted molar refractivity (Wildman–Crippen MR) is 117 cm³/mol. The molecule has 0 atom stereocenters. The highest BCUT2D eigenvalue weighted by Gasteiger charge is 2.20. The van der Waals surface area contributed by atoms with Crippen LogP contribution in [0, 0.1) is 13.8 Å². The Morgan fingerprint density at radius 2 is 1.67 bits per heavy atom. The molecule has 4 rings (SSSR count). The van der Waals surface area contributed by atoms with Crippen molar-refractivity contribution in [2.24, 2.45) is 0 Å². The average molecular weight is 398 g/mol. The first-order valence-electron chi connectivity index (χ1n) is 9.62. The molecule has 0 radical (unpaired) electrons. The molecule has 1 N–H and O–H groups in total. The van der Waals surface area contributed by atoms with Crippen molar-refractivity contribution in [3.8, 4) is 22.8 Å². The number of nitrogens with one attached hydrogen (secondary N) is 1. The van der Waals surface area contributed by atoms with Crippen molar-refractivity contribution in [2.75, 3.05) is 12.4 Å². The van der Waals surface area contributed by atoms with Gasteiger partial charge >= 0.3 is 0 Å². The summed E-state index contributed by atoms with van der Waals surface area (Å²) in [6.45, 7) is 4.09. The zero-order valence-corrected chi connectivity index (χ0v) is 17.1. The summed E-state index contributed by atoms with van der Waals surface area (Å²) in [5.41, 5.74) is 4.55. The maximum Gasteiger partial charge on any atom is 0.295 e. The molecule has 0 aliphatic carbocycles. The number of hydrogen-bond donors (Lipinski definition) is 1. The van der Waals surface area contributed by atoms with Gasteiger partial charge in [-0.05, 0) is 43.2 Å². The van der Waals surface area contributed by atoms with Crippen LogP contribution in [0.25, 0.3) is 17.1 Å². The van der Waals surface area contributed by atoms with Crippen molar-refractivity contribution in [1.82, 2.24) is 14.8 Å². The van der Waals surface area contributed by atoms with E-state index in [0.29, 0.717) is 17.3 Å². The number of benzene rings is 3. The number of carbonyl (C=O) groups excluding carboxylic acids is 1. The smallest absolute Gasteiger partial charge is 0.295 e. The maximum atomic E-state index is 13.0. The van der Waals surface area contributed by atoms with E-state index in [9.17, 15) is 4.79 Å². The third-order valence-corrected chi connectivity index (χ3v) is 5.00. The minimum Gasteiger partial charge on any atom is -0.495 e. The zero-order valence-electron chi connectivity index (χ0n) is 17.1. The Labute approximate surface area is 175 Å². The van der Waals surface area contributed by atoms with Crippen molar-refractivity contribution in [1.29, 1.82) is 0 Å². The lowest BCUT2D eigenvalue weighted by molar-refractivity contribution is 0.101. The van der Waals surface area contributed by atoms with Crippen LogP contribution in [-0.2, 0) is 0 Å². The molecule has 3 aromatic carbocycles. The topological polar surface area (TPSA) is 69.0 Å². The molecule has 0 saturated carbocycles. The minimum absolute atomic E-state index is 0.0839. The molecule has 1 amide bonds. The van der Waals surface area contributed by atoms with Crippen LogP contribution in [-0.4, -0.2) is 27.8 Å². The van der Waals surface area contributed by atoms with Gasteiger partial charge in [0.15, 0.2) is 5.82 Å². The number of anilines is 1. The van der Waals surface area contributed by atoms with E-state index in [4.69, 9.17) is 4.74 Å². The van der Waals surface area contributed by atoms with E-state index < -0.39 is 5.91 Å². The number of aryl methyl sites for hydroxylation is 1. The minimum atomic E-state index is -0.402. The van der Waals surface area contributed by atoms with Crippen LogP contribution in [0.4, 0.5) is 5.69 Å². The van der Waals surface area contributed by atoms with Gasteiger partial charge in [0, 0.05) is 5.56 Å². The standard InChI is InChI=1S/C24H22N4O2/c1-16-10-9-14-20(17(16)2)28-23(18-11-5-4-6-12-18)26-22(27-28)24(29)25-19-13-7-8-15-21(19)30-3/h4-15H,1-3H3,(H,25,29). The van der Waals surface area contributed by atoms with Crippen LogP contribution < -0.4 is 10.1 Å². The molecule has 0 fully saturated rings. The predicted octanol–water partition coefficient (Wildman–Crippen LogP) is 4.81. The lowest BCUT2D eigenvalue weighted by Crippen LogP contribution is -2.15. The molecular weight excluding hydrogens is 376 g/mol. The number of carbonyl (C=O) groups is 1. The van der Waals surface area contributed by atoms with Gasteiger partial charge in [-0.15, -0.1) is 5.10 Å². The molecule has 0 spiro atoms. The Bertz CT molecular complexity index is 1200. The Morgan fingerprint density at radius 1 is 0.933 bits per heavy atom. The Morgan fingerprint density at radius 3 is 2.43 bits per heavy atom. The number of rotatable bonds is 5. The molecule has 0 saturated heterocycles. The third-order valence-electron chi connectivity index (χ3n) is 5.00. The highest BCUT2D eigenvalue weighted by Crippen LogP contribution is 2.26. The van der Waals surface area contributed by atoms with E-state index in [1.165, 1.54) is 0 Å². The van der Waals surface area contributed by atoms with Gasteiger partial charge in [0.05, 0.1) is 18.5 Å². The van der Waals surface area contributed by atoms with Gasteiger partial charge in [-0.1, -0.05) is 54.6 Å². The quantitative estimate of drug-likeness (QED) is 0.524. The van der Waals surface area contributed by atoms with Crippen molar-refractivity contribution < 1.29 is 9.53 Å². The average Bonchev–Trinajstić information content (AvgIpc) is 3.22. The van der Waals surface area contributed by atoms with Crippen molar-refractivity contribution >= 4 is 11.6 Å². The molecule has 4 aromatic rings. The second-order valence-electron chi connectivity index (χ2n) is 6.91. The van der Waals surface area contributed by atoms with Gasteiger partial charge in [0.2, 0.25) is 5.82 Å². The molecule has 30 heavy (non-hydrogen) atoms. The monoisotopic (exact) mass is 398 g/mol. The normalized spacial score (nSPS) is 10.6. The highest BCUT2D eigenvalue weighted by molar-refractivity contribution is 6.02. The van der Waals surface area contributed by atoms with E-state index in [0.717, 1.165) is 22.4 Å². The Balaban J connectivity index is 1.79. The van der Waals surface area contributed by atoms with Gasteiger partial charge in [-0.2, -0.15) is 0 Å². The molecule has 0 aliphatic rings. The van der Waals surface area contributed by atoms with E-state index in [2.05, 4.69) is 15.4 Å². The van der Waals surface area contributed by atoms with Gasteiger partial charge in [0.1, 0.15) is 5.75 Å². The van der Waals surface area contributed by atoms with Crippen LogP contribution in [0.2, 0.25) is 0 Å². The summed E-state index contributed by atoms with van der Waals surface area (Å²) in [4.78, 5) is 17.5. The first kappa shape index (κ1) is 19.4. The van der Waals surface area contributed by atoms with E-state index >= 15 is 0 Å².